The number of aryl methyl sites for hydroxylation is 2. The minimum atomic E-state index is 0. The van der Waals surface area contributed by atoms with Crippen molar-refractivity contribution < 1.29 is 0 Å². The maximum atomic E-state index is 4.00. The molecule has 0 saturated carbocycles. The molecule has 1 rings (SSSR count). The van der Waals surface area contributed by atoms with Gasteiger partial charge in [-0.1, -0.05) is 35.4 Å². The highest BCUT2D eigenvalue weighted by atomic mass is 14.0. The molecule has 0 heterocycles. The second-order valence-electron chi connectivity index (χ2n) is 2.15. The van der Waals surface area contributed by atoms with Crippen LogP contribution in [0, 0.1) is 26.7 Å². The molecule has 0 unspecified atom stereocenters. The summed E-state index contributed by atoms with van der Waals surface area (Å²) in [6, 6.07) is 8.48. The molecule has 0 bridgehead atoms. The van der Waals surface area contributed by atoms with Gasteiger partial charge in [0.05, 0.1) is 0 Å². The molecule has 0 aliphatic heterocycles. The van der Waals surface area contributed by atoms with E-state index in [1.54, 1.807) is 0 Å². The lowest BCUT2D eigenvalue weighted by molar-refractivity contribution is 1.40. The Morgan fingerprint density at radius 3 is 1.18 bits per heavy atom. The van der Waals surface area contributed by atoms with Gasteiger partial charge in [-0.25, -0.2) is 0 Å². The molecule has 0 aliphatic rings. The van der Waals surface area contributed by atoms with Crippen LogP contribution in [0.1, 0.15) is 11.1 Å². The monoisotopic (exact) mass is 149 g/mol. The third kappa shape index (κ3) is 5.20. The third-order valence-corrected chi connectivity index (χ3v) is 1.22. The Balaban J connectivity index is 0. The van der Waals surface area contributed by atoms with Crippen molar-refractivity contribution in [3.8, 4) is 12.8 Å². The SMILES string of the molecule is C#C.Cc1ccc(C)cc1.N. The van der Waals surface area contributed by atoms with Crippen molar-refractivity contribution in [2.75, 3.05) is 0 Å². The minimum Gasteiger partial charge on any atom is -0.344 e. The first-order valence-corrected chi connectivity index (χ1v) is 3.15. The van der Waals surface area contributed by atoms with Crippen molar-refractivity contribution in [1.82, 2.24) is 6.15 Å². The topological polar surface area (TPSA) is 35.0 Å². The number of rotatable bonds is 0. The molecular weight excluding hydrogens is 134 g/mol. The van der Waals surface area contributed by atoms with Gasteiger partial charge in [-0.3, -0.25) is 0 Å². The summed E-state index contributed by atoms with van der Waals surface area (Å²) in [6.07, 6.45) is 8.00. The maximum absolute atomic E-state index is 4.00. The highest BCUT2D eigenvalue weighted by Gasteiger charge is 1.79. The van der Waals surface area contributed by atoms with E-state index in [0.717, 1.165) is 0 Å². The summed E-state index contributed by atoms with van der Waals surface area (Å²) in [4.78, 5) is 0. The van der Waals surface area contributed by atoms with E-state index in [9.17, 15) is 0 Å². The largest absolute Gasteiger partial charge is 0.344 e. The summed E-state index contributed by atoms with van der Waals surface area (Å²) in [6.45, 7) is 4.19. The molecular formula is C10H15N. The van der Waals surface area contributed by atoms with E-state index >= 15 is 0 Å². The first-order chi connectivity index (χ1) is 4.79. The fourth-order valence-electron chi connectivity index (χ4n) is 0.637. The molecule has 1 aromatic rings. The van der Waals surface area contributed by atoms with Gasteiger partial charge in [0, 0.05) is 0 Å². The lowest BCUT2D eigenvalue weighted by Gasteiger charge is -1.90. The van der Waals surface area contributed by atoms with Crippen LogP contribution in [0.4, 0.5) is 0 Å². The van der Waals surface area contributed by atoms with Gasteiger partial charge in [0.15, 0.2) is 0 Å². The quantitative estimate of drug-likeness (QED) is 0.565. The lowest BCUT2D eigenvalue weighted by Crippen LogP contribution is -1.70. The van der Waals surface area contributed by atoms with Gasteiger partial charge in [-0.05, 0) is 13.8 Å². The van der Waals surface area contributed by atoms with Gasteiger partial charge in [-0.15, -0.1) is 12.8 Å². The molecule has 0 atom stereocenters. The molecule has 11 heavy (non-hydrogen) atoms. The van der Waals surface area contributed by atoms with E-state index < -0.39 is 0 Å². The molecule has 0 spiro atoms. The van der Waals surface area contributed by atoms with Gasteiger partial charge in [0.25, 0.3) is 0 Å². The van der Waals surface area contributed by atoms with Gasteiger partial charge < -0.3 is 6.15 Å². The molecule has 1 aromatic carbocycles. The van der Waals surface area contributed by atoms with Crippen LogP contribution in [0.2, 0.25) is 0 Å². The van der Waals surface area contributed by atoms with E-state index in [0.29, 0.717) is 0 Å². The van der Waals surface area contributed by atoms with Crippen LogP contribution in [0.3, 0.4) is 0 Å². The second-order valence-corrected chi connectivity index (χ2v) is 2.15. The number of hydrogen-bond acceptors (Lipinski definition) is 1. The fourth-order valence-corrected chi connectivity index (χ4v) is 0.637. The van der Waals surface area contributed by atoms with Gasteiger partial charge in [0.1, 0.15) is 0 Å². The molecule has 0 aliphatic carbocycles. The van der Waals surface area contributed by atoms with E-state index in [1.807, 2.05) is 0 Å². The Hall–Kier alpha value is -1.26. The molecule has 1 heteroatoms. The van der Waals surface area contributed by atoms with Gasteiger partial charge in [-0.2, -0.15) is 0 Å². The predicted octanol–water partition coefficient (Wildman–Crippen LogP) is 2.71. The van der Waals surface area contributed by atoms with E-state index in [1.165, 1.54) is 11.1 Å². The van der Waals surface area contributed by atoms with Crippen LogP contribution in [0.15, 0.2) is 24.3 Å². The van der Waals surface area contributed by atoms with Crippen molar-refractivity contribution in [2.24, 2.45) is 0 Å². The van der Waals surface area contributed by atoms with Crippen molar-refractivity contribution >= 4 is 0 Å². The third-order valence-electron chi connectivity index (χ3n) is 1.22. The molecule has 3 N–H and O–H groups in total. The lowest BCUT2D eigenvalue weighted by atomic mass is 10.2. The predicted molar refractivity (Wildman–Crippen MR) is 50.8 cm³/mol. The summed E-state index contributed by atoms with van der Waals surface area (Å²) in [5.74, 6) is 0. The van der Waals surface area contributed by atoms with Crippen LogP contribution in [-0.2, 0) is 0 Å². The zero-order chi connectivity index (χ0) is 7.98. The first kappa shape index (κ1) is 12.4. The smallest absolute Gasteiger partial charge is 0.0398 e. The van der Waals surface area contributed by atoms with Gasteiger partial charge >= 0.3 is 0 Å². The van der Waals surface area contributed by atoms with Crippen LogP contribution in [0.5, 0.6) is 0 Å². The Kier molecular flexibility index (Phi) is 7.74. The van der Waals surface area contributed by atoms with Crippen molar-refractivity contribution in [3.05, 3.63) is 35.4 Å². The summed E-state index contributed by atoms with van der Waals surface area (Å²) in [7, 11) is 0. The number of hydrogen-bond donors (Lipinski definition) is 1. The van der Waals surface area contributed by atoms with Gasteiger partial charge in [0.2, 0.25) is 0 Å². The minimum absolute atomic E-state index is 0. The summed E-state index contributed by atoms with van der Waals surface area (Å²) < 4.78 is 0. The van der Waals surface area contributed by atoms with Crippen LogP contribution in [-0.4, -0.2) is 0 Å². The number of benzene rings is 1. The van der Waals surface area contributed by atoms with E-state index in [4.69, 9.17) is 0 Å². The highest BCUT2D eigenvalue weighted by Crippen LogP contribution is 1.99. The molecule has 0 saturated heterocycles. The zero-order valence-corrected chi connectivity index (χ0v) is 7.17. The Morgan fingerprint density at radius 1 is 0.818 bits per heavy atom. The van der Waals surface area contributed by atoms with E-state index in [2.05, 4.69) is 51.0 Å². The maximum Gasteiger partial charge on any atom is -0.0398 e. The van der Waals surface area contributed by atoms with Crippen molar-refractivity contribution in [1.29, 1.82) is 0 Å². The molecule has 0 aromatic heterocycles. The normalized spacial score (nSPS) is 6.91. The van der Waals surface area contributed by atoms with Crippen LogP contribution in [0.25, 0.3) is 0 Å². The summed E-state index contributed by atoms with van der Waals surface area (Å²) in [5.41, 5.74) is 2.66. The Bertz CT molecular complexity index is 175. The highest BCUT2D eigenvalue weighted by molar-refractivity contribution is 5.19. The Labute approximate surface area is 69.0 Å². The average Bonchev–Trinajstić information content (AvgIpc) is 2.00. The molecule has 0 fully saturated rings. The molecule has 0 amide bonds. The molecule has 60 valence electrons. The molecule has 0 radical (unpaired) electrons. The average molecular weight is 149 g/mol. The summed E-state index contributed by atoms with van der Waals surface area (Å²) >= 11 is 0. The number of terminal acetylenes is 1. The van der Waals surface area contributed by atoms with Crippen molar-refractivity contribution in [3.63, 3.8) is 0 Å². The Morgan fingerprint density at radius 2 is 1.00 bits per heavy atom. The van der Waals surface area contributed by atoms with Crippen LogP contribution < -0.4 is 6.15 Å². The van der Waals surface area contributed by atoms with Crippen molar-refractivity contribution in [2.45, 2.75) is 13.8 Å². The summed E-state index contributed by atoms with van der Waals surface area (Å²) in [5, 5.41) is 0. The zero-order valence-electron chi connectivity index (χ0n) is 7.17. The first-order valence-electron chi connectivity index (χ1n) is 3.15. The van der Waals surface area contributed by atoms with Crippen LogP contribution >= 0.6 is 0 Å². The van der Waals surface area contributed by atoms with E-state index in [-0.39, 0.29) is 6.15 Å². The standard InChI is InChI=1S/C8H10.C2H2.H3N/c1-7-3-5-8(2)6-4-7;1-2;/h3-6H,1-2H3;1-2H;1H3. The second kappa shape index (κ2) is 6.85. The molecule has 1 nitrogen and oxygen atoms in total. The fraction of sp³-hybridized carbons (Fsp3) is 0.200.